The van der Waals surface area contributed by atoms with E-state index in [9.17, 15) is 25.3 Å². The number of aryl methyl sites for hydroxylation is 3. The molecule has 0 unspecified atom stereocenters. The minimum atomic E-state index is -3.68. The summed E-state index contributed by atoms with van der Waals surface area (Å²) in [6, 6.07) is 22.7. The Balaban J connectivity index is 0.000000195. The largest absolute Gasteiger partial charge is 0.399 e. The van der Waals surface area contributed by atoms with Gasteiger partial charge < -0.3 is 31.4 Å². The molecule has 0 radical (unpaired) electrons. The summed E-state index contributed by atoms with van der Waals surface area (Å²) in [5.74, 6) is 0.144. The van der Waals surface area contributed by atoms with Gasteiger partial charge in [-0.05, 0) is 150 Å². The lowest BCUT2D eigenvalue weighted by atomic mass is 10.3. The predicted octanol–water partition coefficient (Wildman–Crippen LogP) is 5.89. The molecule has 0 spiro atoms. The van der Waals surface area contributed by atoms with Gasteiger partial charge in [-0.15, -0.1) is 0 Å². The summed E-state index contributed by atoms with van der Waals surface area (Å²) in [5, 5.41) is 0. The Bertz CT molecular complexity index is 2470. The summed E-state index contributed by atoms with van der Waals surface area (Å²) in [6.07, 6.45) is 12.1. The second kappa shape index (κ2) is 28.0. The van der Waals surface area contributed by atoms with Crippen LogP contribution < -0.4 is 31.4 Å². The van der Waals surface area contributed by atoms with Crippen molar-refractivity contribution in [2.45, 2.75) is 74.0 Å². The van der Waals surface area contributed by atoms with Crippen LogP contribution in [-0.4, -0.2) is 94.8 Å². The third-order valence-electron chi connectivity index (χ3n) is 9.11. The number of ether oxygens (including phenoxy) is 3. The predicted molar refractivity (Wildman–Crippen MR) is 265 cm³/mol. The van der Waals surface area contributed by atoms with E-state index in [1.807, 2.05) is 0 Å². The van der Waals surface area contributed by atoms with Crippen molar-refractivity contribution in [3.05, 3.63) is 127 Å². The normalized spacial score (nSPS) is 14.0. The van der Waals surface area contributed by atoms with Crippen LogP contribution in [0.2, 0.25) is 0 Å². The van der Waals surface area contributed by atoms with Crippen LogP contribution in [0.15, 0.2) is 124 Å². The van der Waals surface area contributed by atoms with E-state index in [0.29, 0.717) is 34.1 Å². The van der Waals surface area contributed by atoms with Crippen LogP contribution in [0.3, 0.4) is 0 Å². The Labute approximate surface area is 404 Å². The summed E-state index contributed by atoms with van der Waals surface area (Å²) in [7, 11) is -11.0. The van der Waals surface area contributed by atoms with E-state index in [1.165, 1.54) is 130 Å². The van der Waals surface area contributed by atoms with E-state index >= 15 is 0 Å². The molecule has 6 aromatic rings. The van der Waals surface area contributed by atoms with Crippen molar-refractivity contribution in [1.29, 1.82) is 0 Å². The van der Waals surface area contributed by atoms with Gasteiger partial charge in [0.1, 0.15) is 0 Å². The zero-order valence-electron chi connectivity index (χ0n) is 38.7. The van der Waals surface area contributed by atoms with Crippen LogP contribution in [0.5, 0.6) is 0 Å². The number of nitrogens with two attached hydrogens (primary N) is 3. The molecular weight excluding hydrogens is 949 g/mol. The minimum absolute atomic E-state index is 0.0480. The van der Waals surface area contributed by atoms with E-state index in [1.54, 1.807) is 39.0 Å². The number of nitrogens with zero attached hydrogens (tertiary/aromatic N) is 6. The molecule has 0 bridgehead atoms. The van der Waals surface area contributed by atoms with Gasteiger partial charge in [0.2, 0.25) is 17.8 Å². The molecule has 3 aliphatic heterocycles. The van der Waals surface area contributed by atoms with Crippen molar-refractivity contribution < 1.29 is 39.5 Å². The smallest absolute Gasteiger partial charge is 0.264 e. The van der Waals surface area contributed by atoms with Crippen LogP contribution in [-0.2, 0) is 44.3 Å². The zero-order chi connectivity index (χ0) is 50.1. The Morgan fingerprint density at radius 1 is 0.377 bits per heavy atom. The maximum atomic E-state index is 12.0. The number of aromatic nitrogens is 6. The van der Waals surface area contributed by atoms with E-state index in [2.05, 4.69) is 44.1 Å². The van der Waals surface area contributed by atoms with Gasteiger partial charge in [-0.25, -0.2) is 69.3 Å². The van der Waals surface area contributed by atoms with Crippen molar-refractivity contribution >= 4 is 65.0 Å². The fourth-order valence-corrected chi connectivity index (χ4v) is 8.36. The minimum Gasteiger partial charge on any atom is -0.399 e. The van der Waals surface area contributed by atoms with Gasteiger partial charge in [0, 0.05) is 92.4 Å². The highest BCUT2D eigenvalue weighted by atomic mass is 32.2. The molecule has 69 heavy (non-hydrogen) atoms. The van der Waals surface area contributed by atoms with Crippen LogP contribution in [0, 0.1) is 20.8 Å². The van der Waals surface area contributed by atoms with Crippen LogP contribution in [0.1, 0.15) is 55.6 Å². The average Bonchev–Trinajstić information content (AvgIpc) is 4.16. The van der Waals surface area contributed by atoms with Gasteiger partial charge in [-0.1, -0.05) is 0 Å². The van der Waals surface area contributed by atoms with E-state index in [0.717, 1.165) is 39.6 Å². The van der Waals surface area contributed by atoms with Crippen LogP contribution in [0.4, 0.5) is 34.9 Å². The molecule has 3 aliphatic rings. The third-order valence-corrected chi connectivity index (χ3v) is 13.1. The quantitative estimate of drug-likeness (QED) is 0.0919. The first kappa shape index (κ1) is 55.0. The highest BCUT2D eigenvalue weighted by molar-refractivity contribution is 7.93. The molecule has 372 valence electrons. The van der Waals surface area contributed by atoms with E-state index in [-0.39, 0.29) is 32.5 Å². The van der Waals surface area contributed by atoms with Crippen LogP contribution in [0.25, 0.3) is 0 Å². The standard InChI is InChI=1S/3C11H12N4O2S.3C4H8O/c3*1-8-6-7-13-11(14-8)15-18(16,17)10-4-2-9(12)3-5-10;3*1-2-4-5-3-1/h3*2-7H,12H2,1H3,(H,13,14,15);3*1-4H2. The van der Waals surface area contributed by atoms with Crippen molar-refractivity contribution in [2.24, 2.45) is 0 Å². The van der Waals surface area contributed by atoms with E-state index in [4.69, 9.17) is 31.4 Å². The first-order chi connectivity index (χ1) is 32.9. The SMILES string of the molecule is C1CCOC1.C1CCOC1.C1CCOC1.Cc1ccnc(NS(=O)(=O)c2ccc(N)cc2)n1.Cc1ccnc(NS(=O)(=O)c2ccc(N)cc2)n1.Cc1ccnc(NS(=O)(=O)c2ccc(N)cc2)n1. The van der Waals surface area contributed by atoms with Gasteiger partial charge in [0.05, 0.1) is 14.7 Å². The fourth-order valence-electron chi connectivity index (χ4n) is 5.50. The van der Waals surface area contributed by atoms with Gasteiger partial charge in [-0.2, -0.15) is 0 Å². The Morgan fingerprint density at radius 2 is 0.594 bits per heavy atom. The first-order valence-corrected chi connectivity index (χ1v) is 26.1. The first-order valence-electron chi connectivity index (χ1n) is 21.7. The molecule has 3 saturated heterocycles. The molecule has 6 heterocycles. The Morgan fingerprint density at radius 3 is 0.768 bits per heavy atom. The maximum Gasteiger partial charge on any atom is 0.264 e. The third kappa shape index (κ3) is 21.1. The number of nitrogen functional groups attached to an aromatic ring is 3. The summed E-state index contributed by atoms with van der Waals surface area (Å²) >= 11 is 0. The Hall–Kier alpha value is -6.57. The lowest BCUT2D eigenvalue weighted by molar-refractivity contribution is 0.198. The number of benzene rings is 3. The molecule has 0 saturated carbocycles. The zero-order valence-corrected chi connectivity index (χ0v) is 41.1. The van der Waals surface area contributed by atoms with Crippen molar-refractivity contribution in [2.75, 3.05) is 71.0 Å². The molecular formula is C45H60N12O9S3. The highest BCUT2D eigenvalue weighted by Crippen LogP contribution is 2.17. The fraction of sp³-hybridized carbons (Fsp3) is 0.333. The average molecular weight is 1010 g/mol. The van der Waals surface area contributed by atoms with Crippen LogP contribution >= 0.6 is 0 Å². The molecule has 0 aliphatic carbocycles. The topological polar surface area (TPSA) is 322 Å². The van der Waals surface area contributed by atoms with Crippen molar-refractivity contribution in [3.63, 3.8) is 0 Å². The van der Waals surface area contributed by atoms with Gasteiger partial charge in [0.15, 0.2) is 0 Å². The molecule has 24 heteroatoms. The second-order valence-corrected chi connectivity index (χ2v) is 20.1. The monoisotopic (exact) mass is 1010 g/mol. The molecule has 9 rings (SSSR count). The van der Waals surface area contributed by atoms with Gasteiger partial charge in [0.25, 0.3) is 30.1 Å². The molecule has 0 amide bonds. The molecule has 0 atom stereocenters. The van der Waals surface area contributed by atoms with Gasteiger partial charge >= 0.3 is 0 Å². The number of nitrogens with one attached hydrogen (secondary N) is 3. The summed E-state index contributed by atoms with van der Waals surface area (Å²) in [4.78, 5) is 23.8. The summed E-state index contributed by atoms with van der Waals surface area (Å²) in [6.45, 7) is 11.3. The lowest BCUT2D eigenvalue weighted by Gasteiger charge is -2.06. The molecule has 3 aromatic heterocycles. The molecule has 21 nitrogen and oxygen atoms in total. The number of hydrogen-bond acceptors (Lipinski definition) is 18. The highest BCUT2D eigenvalue weighted by Gasteiger charge is 2.17. The van der Waals surface area contributed by atoms with Crippen molar-refractivity contribution in [1.82, 2.24) is 29.9 Å². The molecule has 9 N–H and O–H groups in total. The van der Waals surface area contributed by atoms with E-state index < -0.39 is 30.1 Å². The second-order valence-electron chi connectivity index (χ2n) is 15.0. The molecule has 3 fully saturated rings. The van der Waals surface area contributed by atoms with Crippen molar-refractivity contribution in [3.8, 4) is 0 Å². The number of sulfonamides is 3. The maximum absolute atomic E-state index is 12.0. The number of hydrogen-bond donors (Lipinski definition) is 6. The summed E-state index contributed by atoms with van der Waals surface area (Å²) in [5.41, 5.74) is 20.1. The number of rotatable bonds is 9. The Kier molecular flexibility index (Phi) is 22.4. The summed E-state index contributed by atoms with van der Waals surface area (Å²) < 4.78 is 93.7. The van der Waals surface area contributed by atoms with Gasteiger partial charge in [-0.3, -0.25) is 0 Å². The lowest BCUT2D eigenvalue weighted by Crippen LogP contribution is -2.15. The molecule has 3 aromatic carbocycles. The number of anilines is 6.